The van der Waals surface area contributed by atoms with Gasteiger partial charge in [0.1, 0.15) is 0 Å². The van der Waals surface area contributed by atoms with Gasteiger partial charge in [0.05, 0.1) is 5.41 Å². The third-order valence-corrected chi connectivity index (χ3v) is 6.25. The molecule has 0 saturated carbocycles. The summed E-state index contributed by atoms with van der Waals surface area (Å²) < 4.78 is 0. The smallest absolute Gasteiger partial charge is 0.175 e. The Bertz CT molecular complexity index is 733. The molecule has 1 nitrogen and oxygen atoms in total. The molecule has 2 aromatic carbocycles. The molecule has 0 aromatic heterocycles. The monoisotopic (exact) mass is 322 g/mol. The van der Waals surface area contributed by atoms with Crippen LogP contribution >= 0.6 is 11.8 Å². The van der Waals surface area contributed by atoms with Crippen molar-refractivity contribution >= 4 is 17.5 Å². The molecular weight excluding hydrogens is 300 g/mol. The zero-order chi connectivity index (χ0) is 16.4. The van der Waals surface area contributed by atoms with E-state index in [1.54, 1.807) is 11.8 Å². The van der Waals surface area contributed by atoms with Gasteiger partial charge in [-0.2, -0.15) is 11.8 Å². The molecule has 2 atom stereocenters. The Morgan fingerprint density at radius 1 is 1.00 bits per heavy atom. The van der Waals surface area contributed by atoms with Crippen LogP contribution in [0, 0.1) is 0 Å². The molecule has 1 aliphatic carbocycles. The Labute approximate surface area is 142 Å². The summed E-state index contributed by atoms with van der Waals surface area (Å²) in [5.41, 5.74) is 4.14. The molecule has 0 N–H and O–H groups in total. The second-order valence-corrected chi connectivity index (χ2v) is 7.23. The van der Waals surface area contributed by atoms with Gasteiger partial charge in [0.2, 0.25) is 0 Å². The minimum Gasteiger partial charge on any atom is -0.293 e. The molecule has 0 fully saturated rings. The molecule has 1 aliphatic rings. The summed E-state index contributed by atoms with van der Waals surface area (Å²) in [5.74, 6) is 0.236. The molecule has 3 rings (SSSR count). The number of allylic oxidation sites excluding steroid dienone is 1. The number of hydrogen-bond donors (Lipinski definition) is 0. The molecule has 0 saturated heterocycles. The van der Waals surface area contributed by atoms with E-state index in [1.165, 1.54) is 11.1 Å². The molecule has 0 aliphatic heterocycles. The van der Waals surface area contributed by atoms with E-state index >= 15 is 0 Å². The molecule has 0 amide bonds. The van der Waals surface area contributed by atoms with Gasteiger partial charge >= 0.3 is 0 Å². The summed E-state index contributed by atoms with van der Waals surface area (Å²) in [6, 6.07) is 20.0. The molecule has 0 bridgehead atoms. The summed E-state index contributed by atoms with van der Waals surface area (Å²) >= 11 is 1.79. The van der Waals surface area contributed by atoms with E-state index in [0.29, 0.717) is 0 Å². The molecule has 2 aromatic rings. The predicted octanol–water partition coefficient (Wildman–Crippen LogP) is 5.28. The van der Waals surface area contributed by atoms with Crippen LogP contribution < -0.4 is 0 Å². The zero-order valence-corrected chi connectivity index (χ0v) is 14.7. The van der Waals surface area contributed by atoms with Gasteiger partial charge in [0.15, 0.2) is 5.78 Å². The van der Waals surface area contributed by atoms with Crippen molar-refractivity contribution in [3.05, 3.63) is 82.9 Å². The van der Waals surface area contributed by atoms with Crippen LogP contribution in [0.5, 0.6) is 0 Å². The second kappa shape index (κ2) is 6.37. The highest BCUT2D eigenvalue weighted by Crippen LogP contribution is 2.51. The first-order chi connectivity index (χ1) is 11.1. The number of Topliss-reactive ketones (excluding diaryl/α,β-unsaturated/α-hetero) is 1. The molecule has 2 heteroatoms. The van der Waals surface area contributed by atoms with E-state index in [4.69, 9.17) is 0 Å². The molecule has 118 valence electrons. The largest absolute Gasteiger partial charge is 0.293 e. The van der Waals surface area contributed by atoms with Crippen molar-refractivity contribution in [3.8, 4) is 0 Å². The zero-order valence-electron chi connectivity index (χ0n) is 13.9. The van der Waals surface area contributed by atoms with Gasteiger partial charge in [-0.15, -0.1) is 0 Å². The van der Waals surface area contributed by atoms with Crippen molar-refractivity contribution in [1.29, 1.82) is 0 Å². The molecular formula is C21H22OS. The fraction of sp³-hybridized carbons (Fsp3) is 0.286. The van der Waals surface area contributed by atoms with Crippen LogP contribution in [0.25, 0.3) is 0 Å². The lowest BCUT2D eigenvalue weighted by atomic mass is 9.71. The lowest BCUT2D eigenvalue weighted by molar-refractivity contribution is 0.0892. The first-order valence-corrected chi connectivity index (χ1v) is 9.24. The highest BCUT2D eigenvalue weighted by molar-refractivity contribution is 7.99. The normalized spacial score (nSPS) is 24.0. The van der Waals surface area contributed by atoms with Crippen LogP contribution in [0.1, 0.15) is 36.2 Å². The van der Waals surface area contributed by atoms with E-state index < -0.39 is 5.41 Å². The van der Waals surface area contributed by atoms with E-state index in [1.807, 2.05) is 48.5 Å². The molecule has 0 unspecified atom stereocenters. The summed E-state index contributed by atoms with van der Waals surface area (Å²) in [6.07, 6.45) is 2.92. The highest BCUT2D eigenvalue weighted by atomic mass is 32.2. The number of carbonyl (C=O) groups is 1. The fourth-order valence-electron chi connectivity index (χ4n) is 3.79. The first kappa shape index (κ1) is 16.1. The SMILES string of the molecule is CS[C@H]1C(C)=C(C)C[C@@]1(C(=O)c1ccccc1)c1ccccc1. The van der Waals surface area contributed by atoms with Gasteiger partial charge in [0, 0.05) is 10.8 Å². The Kier molecular flexibility index (Phi) is 4.45. The van der Waals surface area contributed by atoms with Crippen LogP contribution in [-0.4, -0.2) is 17.3 Å². The maximum atomic E-state index is 13.6. The Balaban J connectivity index is 2.19. The number of benzene rings is 2. The molecule has 0 radical (unpaired) electrons. The van der Waals surface area contributed by atoms with Crippen molar-refractivity contribution < 1.29 is 4.79 Å². The van der Waals surface area contributed by atoms with Crippen molar-refractivity contribution in [2.75, 3.05) is 6.26 Å². The summed E-state index contributed by atoms with van der Waals surface area (Å²) in [7, 11) is 0. The Hall–Kier alpha value is -1.80. The average molecular weight is 322 g/mol. The van der Waals surface area contributed by atoms with Crippen molar-refractivity contribution in [2.24, 2.45) is 0 Å². The molecule has 0 spiro atoms. The van der Waals surface area contributed by atoms with Gasteiger partial charge in [-0.25, -0.2) is 0 Å². The van der Waals surface area contributed by atoms with Gasteiger partial charge in [-0.1, -0.05) is 71.8 Å². The van der Waals surface area contributed by atoms with E-state index in [-0.39, 0.29) is 11.0 Å². The lowest BCUT2D eigenvalue weighted by Gasteiger charge is -2.35. The van der Waals surface area contributed by atoms with Gasteiger partial charge in [-0.05, 0) is 32.1 Å². The summed E-state index contributed by atoms with van der Waals surface area (Å²) in [5, 5.41) is 0.192. The van der Waals surface area contributed by atoms with E-state index in [9.17, 15) is 4.79 Å². The van der Waals surface area contributed by atoms with Crippen molar-refractivity contribution in [3.63, 3.8) is 0 Å². The van der Waals surface area contributed by atoms with Crippen molar-refractivity contribution in [2.45, 2.75) is 30.9 Å². The molecule has 23 heavy (non-hydrogen) atoms. The third kappa shape index (κ3) is 2.55. The number of carbonyl (C=O) groups excluding carboxylic acids is 1. The average Bonchev–Trinajstić information content (AvgIpc) is 2.87. The van der Waals surface area contributed by atoms with E-state index in [2.05, 4.69) is 32.2 Å². The number of ketones is 1. The minimum atomic E-state index is -0.490. The third-order valence-electron chi connectivity index (χ3n) is 5.02. The maximum Gasteiger partial charge on any atom is 0.175 e. The highest BCUT2D eigenvalue weighted by Gasteiger charge is 2.51. The number of thioether (sulfide) groups is 1. The Morgan fingerprint density at radius 2 is 1.57 bits per heavy atom. The van der Waals surface area contributed by atoms with Crippen LogP contribution in [0.3, 0.4) is 0 Å². The maximum absolute atomic E-state index is 13.6. The van der Waals surface area contributed by atoms with Crippen molar-refractivity contribution in [1.82, 2.24) is 0 Å². The second-order valence-electron chi connectivity index (χ2n) is 6.29. The van der Waals surface area contributed by atoms with Gasteiger partial charge in [-0.3, -0.25) is 4.79 Å². The molecule has 0 heterocycles. The lowest BCUT2D eigenvalue weighted by Crippen LogP contribution is -2.42. The fourth-order valence-corrected chi connectivity index (χ4v) is 5.07. The number of hydrogen-bond acceptors (Lipinski definition) is 2. The van der Waals surface area contributed by atoms with E-state index in [0.717, 1.165) is 17.5 Å². The van der Waals surface area contributed by atoms with Crippen LogP contribution in [0.2, 0.25) is 0 Å². The van der Waals surface area contributed by atoms with Gasteiger partial charge in [0.25, 0.3) is 0 Å². The van der Waals surface area contributed by atoms with Crippen LogP contribution in [0.4, 0.5) is 0 Å². The van der Waals surface area contributed by atoms with Gasteiger partial charge < -0.3 is 0 Å². The minimum absolute atomic E-state index is 0.192. The first-order valence-electron chi connectivity index (χ1n) is 7.95. The van der Waals surface area contributed by atoms with Crippen LogP contribution in [0.15, 0.2) is 71.8 Å². The van der Waals surface area contributed by atoms with Crippen LogP contribution in [-0.2, 0) is 5.41 Å². The Morgan fingerprint density at radius 3 is 2.13 bits per heavy atom. The number of rotatable bonds is 4. The topological polar surface area (TPSA) is 17.1 Å². The predicted molar refractivity (Wildman–Crippen MR) is 99.2 cm³/mol. The standard InChI is InChI=1S/C21H22OS/c1-15-14-21(20(23-3)16(15)2,18-12-8-5-9-13-18)19(22)17-10-6-4-7-11-17/h4-13,20H,14H2,1-3H3/t20-,21-/m0/s1. The summed E-state index contributed by atoms with van der Waals surface area (Å²) in [6.45, 7) is 4.35. The quantitative estimate of drug-likeness (QED) is 0.563. The summed E-state index contributed by atoms with van der Waals surface area (Å²) in [4.78, 5) is 13.6.